The van der Waals surface area contributed by atoms with Crippen LogP contribution in [0.15, 0.2) is 0 Å². The van der Waals surface area contributed by atoms with Crippen molar-refractivity contribution in [3.05, 3.63) is 11.1 Å². The van der Waals surface area contributed by atoms with Gasteiger partial charge in [-0.1, -0.05) is 51.9 Å². The maximum Gasteiger partial charge on any atom is 0.225 e. The lowest BCUT2D eigenvalue weighted by Gasteiger charge is -2.07. The molecule has 0 amide bonds. The molecule has 0 spiro atoms. The van der Waals surface area contributed by atoms with E-state index in [4.69, 9.17) is 11.6 Å². The maximum atomic E-state index is 6.10. The van der Waals surface area contributed by atoms with Gasteiger partial charge in [0.2, 0.25) is 5.28 Å². The molecular formula is C15H26ClN3. The standard InChI is InChI=1S/C15H26ClN3/c1-2-3-4-5-6-7-8-9-12-19-14(13-10-11-13)17-18-15(19)16/h13H,2-12H2,1H3. The van der Waals surface area contributed by atoms with Gasteiger partial charge in [-0.2, -0.15) is 0 Å². The first-order chi connectivity index (χ1) is 9.33. The lowest BCUT2D eigenvalue weighted by molar-refractivity contribution is 0.535. The Kier molecular flexibility index (Phi) is 6.15. The predicted molar refractivity (Wildman–Crippen MR) is 79.6 cm³/mol. The summed E-state index contributed by atoms with van der Waals surface area (Å²) in [7, 11) is 0. The number of hydrogen-bond donors (Lipinski definition) is 0. The van der Waals surface area contributed by atoms with Gasteiger partial charge in [0.05, 0.1) is 0 Å². The Morgan fingerprint density at radius 2 is 1.63 bits per heavy atom. The highest BCUT2D eigenvalue weighted by molar-refractivity contribution is 6.28. The van der Waals surface area contributed by atoms with Gasteiger partial charge in [-0.05, 0) is 30.9 Å². The first-order valence-corrected chi connectivity index (χ1v) is 8.29. The molecule has 0 aromatic carbocycles. The van der Waals surface area contributed by atoms with Crippen LogP contribution in [0.5, 0.6) is 0 Å². The molecule has 4 heteroatoms. The molecule has 3 nitrogen and oxygen atoms in total. The molecule has 1 aliphatic carbocycles. The second-order valence-corrected chi connectivity index (χ2v) is 6.07. The third-order valence-electron chi connectivity index (χ3n) is 3.91. The molecule has 0 atom stereocenters. The lowest BCUT2D eigenvalue weighted by Crippen LogP contribution is -2.03. The number of halogens is 1. The summed E-state index contributed by atoms with van der Waals surface area (Å²) >= 11 is 6.10. The number of unbranched alkanes of at least 4 members (excludes halogenated alkanes) is 7. The van der Waals surface area contributed by atoms with Crippen molar-refractivity contribution in [3.63, 3.8) is 0 Å². The molecule has 1 fully saturated rings. The van der Waals surface area contributed by atoms with Gasteiger partial charge in [0.15, 0.2) is 0 Å². The molecule has 0 bridgehead atoms. The average molecular weight is 284 g/mol. The van der Waals surface area contributed by atoms with E-state index < -0.39 is 0 Å². The number of aromatic nitrogens is 3. The second kappa shape index (κ2) is 7.88. The van der Waals surface area contributed by atoms with Crippen LogP contribution in [0.4, 0.5) is 0 Å². The number of hydrogen-bond acceptors (Lipinski definition) is 2. The highest BCUT2D eigenvalue weighted by Crippen LogP contribution is 2.39. The van der Waals surface area contributed by atoms with Gasteiger partial charge < -0.3 is 4.57 Å². The van der Waals surface area contributed by atoms with Crippen molar-refractivity contribution in [3.8, 4) is 0 Å². The molecule has 1 aliphatic rings. The molecule has 1 saturated carbocycles. The smallest absolute Gasteiger partial charge is 0.225 e. The van der Waals surface area contributed by atoms with Crippen molar-refractivity contribution in [2.45, 2.75) is 83.6 Å². The van der Waals surface area contributed by atoms with Crippen molar-refractivity contribution in [2.24, 2.45) is 0 Å². The summed E-state index contributed by atoms with van der Waals surface area (Å²) in [5, 5.41) is 8.79. The van der Waals surface area contributed by atoms with Crippen molar-refractivity contribution in [2.75, 3.05) is 0 Å². The monoisotopic (exact) mass is 283 g/mol. The van der Waals surface area contributed by atoms with E-state index in [2.05, 4.69) is 21.7 Å². The molecular weight excluding hydrogens is 258 g/mol. The summed E-state index contributed by atoms with van der Waals surface area (Å²) in [5.74, 6) is 1.75. The van der Waals surface area contributed by atoms with Gasteiger partial charge in [0, 0.05) is 12.5 Å². The van der Waals surface area contributed by atoms with Crippen LogP contribution < -0.4 is 0 Å². The van der Waals surface area contributed by atoms with Crippen molar-refractivity contribution in [1.82, 2.24) is 14.8 Å². The summed E-state index contributed by atoms with van der Waals surface area (Å²) in [6.45, 7) is 3.26. The summed E-state index contributed by atoms with van der Waals surface area (Å²) in [4.78, 5) is 0. The van der Waals surface area contributed by atoms with E-state index in [9.17, 15) is 0 Å². The molecule has 19 heavy (non-hydrogen) atoms. The third-order valence-corrected chi connectivity index (χ3v) is 4.19. The van der Waals surface area contributed by atoms with E-state index >= 15 is 0 Å². The van der Waals surface area contributed by atoms with Crippen LogP contribution in [0.1, 0.15) is 82.9 Å². The van der Waals surface area contributed by atoms with E-state index in [-0.39, 0.29) is 0 Å². The van der Waals surface area contributed by atoms with E-state index in [0.29, 0.717) is 11.2 Å². The lowest BCUT2D eigenvalue weighted by atomic mass is 10.1. The van der Waals surface area contributed by atoms with Gasteiger partial charge in [-0.3, -0.25) is 0 Å². The Labute approximate surface area is 121 Å². The van der Waals surface area contributed by atoms with Crippen LogP contribution in [0, 0.1) is 0 Å². The zero-order valence-corrected chi connectivity index (χ0v) is 12.8. The Balaban J connectivity index is 1.59. The fourth-order valence-electron chi connectivity index (χ4n) is 2.55. The number of rotatable bonds is 10. The highest BCUT2D eigenvalue weighted by atomic mass is 35.5. The van der Waals surface area contributed by atoms with Crippen LogP contribution in [0.3, 0.4) is 0 Å². The van der Waals surface area contributed by atoms with E-state index in [1.54, 1.807) is 0 Å². The molecule has 1 heterocycles. The van der Waals surface area contributed by atoms with Crippen LogP contribution in [0.25, 0.3) is 0 Å². The van der Waals surface area contributed by atoms with Crippen molar-refractivity contribution in [1.29, 1.82) is 0 Å². The van der Waals surface area contributed by atoms with Gasteiger partial charge in [-0.15, -0.1) is 10.2 Å². The summed E-state index contributed by atoms with van der Waals surface area (Å²) in [6.07, 6.45) is 13.3. The molecule has 0 saturated heterocycles. The topological polar surface area (TPSA) is 30.7 Å². The SMILES string of the molecule is CCCCCCCCCCn1c(Cl)nnc1C1CC1. The maximum absolute atomic E-state index is 6.10. The molecule has 0 aliphatic heterocycles. The minimum Gasteiger partial charge on any atom is -0.302 e. The normalized spacial score (nSPS) is 15.1. The van der Waals surface area contributed by atoms with Gasteiger partial charge in [-0.25, -0.2) is 0 Å². The largest absolute Gasteiger partial charge is 0.302 e. The zero-order valence-electron chi connectivity index (χ0n) is 12.1. The minimum absolute atomic E-state index is 0.574. The van der Waals surface area contributed by atoms with Gasteiger partial charge in [0.1, 0.15) is 5.82 Å². The third kappa shape index (κ3) is 4.79. The fraction of sp³-hybridized carbons (Fsp3) is 0.867. The first-order valence-electron chi connectivity index (χ1n) is 7.91. The quantitative estimate of drug-likeness (QED) is 0.569. The average Bonchev–Trinajstić information content (AvgIpc) is 3.18. The first kappa shape index (κ1) is 14.8. The minimum atomic E-state index is 0.574. The molecule has 0 unspecified atom stereocenters. The van der Waals surface area contributed by atoms with E-state index in [1.165, 1.54) is 64.2 Å². The van der Waals surface area contributed by atoms with E-state index in [0.717, 1.165) is 12.4 Å². The fourth-order valence-corrected chi connectivity index (χ4v) is 2.76. The Morgan fingerprint density at radius 1 is 1.00 bits per heavy atom. The van der Waals surface area contributed by atoms with Gasteiger partial charge in [0.25, 0.3) is 0 Å². The van der Waals surface area contributed by atoms with Crippen LogP contribution in [-0.4, -0.2) is 14.8 Å². The number of nitrogens with zero attached hydrogens (tertiary/aromatic N) is 3. The molecule has 1 aromatic heterocycles. The van der Waals surface area contributed by atoms with Gasteiger partial charge >= 0.3 is 0 Å². The molecule has 0 N–H and O–H groups in total. The molecule has 1 aromatic rings. The summed E-state index contributed by atoms with van der Waals surface area (Å²) in [5.41, 5.74) is 0. The van der Waals surface area contributed by atoms with Crippen LogP contribution in [-0.2, 0) is 6.54 Å². The van der Waals surface area contributed by atoms with Crippen LogP contribution >= 0.6 is 11.6 Å². The van der Waals surface area contributed by atoms with Crippen molar-refractivity contribution < 1.29 is 0 Å². The Morgan fingerprint density at radius 3 is 2.26 bits per heavy atom. The summed E-state index contributed by atoms with van der Waals surface area (Å²) < 4.78 is 2.12. The van der Waals surface area contributed by atoms with E-state index in [1.807, 2.05) is 0 Å². The molecule has 0 radical (unpaired) electrons. The molecule has 108 valence electrons. The van der Waals surface area contributed by atoms with Crippen LogP contribution in [0.2, 0.25) is 5.28 Å². The Bertz CT molecular complexity index is 371. The predicted octanol–water partition coefficient (Wildman–Crippen LogP) is 4.95. The zero-order chi connectivity index (χ0) is 13.5. The summed E-state index contributed by atoms with van der Waals surface area (Å²) in [6, 6.07) is 0. The molecule has 2 rings (SSSR count). The van der Waals surface area contributed by atoms with Crippen molar-refractivity contribution >= 4 is 11.6 Å². The Hall–Kier alpha value is -0.570. The highest BCUT2D eigenvalue weighted by Gasteiger charge is 2.29. The second-order valence-electron chi connectivity index (χ2n) is 5.73.